The predicted octanol–water partition coefficient (Wildman–Crippen LogP) is 5.32. The fourth-order valence-electron chi connectivity index (χ4n) is 3.78. The quantitative estimate of drug-likeness (QED) is 0.327. The van der Waals surface area contributed by atoms with Gasteiger partial charge in [0.2, 0.25) is 0 Å². The van der Waals surface area contributed by atoms with Crippen molar-refractivity contribution in [3.8, 4) is 5.75 Å². The van der Waals surface area contributed by atoms with E-state index in [2.05, 4.69) is 0 Å². The summed E-state index contributed by atoms with van der Waals surface area (Å²) in [5.41, 5.74) is 1.07. The third-order valence-corrected chi connectivity index (χ3v) is 5.63. The summed E-state index contributed by atoms with van der Waals surface area (Å²) in [5, 5.41) is 11.0. The third kappa shape index (κ3) is 3.54. The average Bonchev–Trinajstić information content (AvgIpc) is 3.30. The van der Waals surface area contributed by atoms with Gasteiger partial charge in [-0.25, -0.2) is 4.39 Å². The number of benzene rings is 2. The molecule has 1 N–H and O–H groups in total. The van der Waals surface area contributed by atoms with E-state index >= 15 is 0 Å². The van der Waals surface area contributed by atoms with Crippen LogP contribution in [0.1, 0.15) is 28.7 Å². The number of nitrogens with zero attached hydrogens (tertiary/aromatic N) is 1. The van der Waals surface area contributed by atoms with Crippen molar-refractivity contribution >= 4 is 34.7 Å². The standard InChI is InChI=1S/C24H19ClFNO5/c1-12-10-15(31-3)6-7-16(12)22(28)20-21(19-9-4-13(2)32-19)27(24(30)23(20)29)14-5-8-18(26)17(25)11-14/h4-11,21,28H,1-3H3/b22-20-. The number of rotatable bonds is 4. The van der Waals surface area contributed by atoms with Crippen molar-refractivity contribution < 1.29 is 28.2 Å². The van der Waals surface area contributed by atoms with E-state index in [4.69, 9.17) is 20.8 Å². The minimum Gasteiger partial charge on any atom is -0.507 e. The van der Waals surface area contributed by atoms with Gasteiger partial charge in [-0.3, -0.25) is 14.5 Å². The first-order chi connectivity index (χ1) is 15.2. The van der Waals surface area contributed by atoms with Gasteiger partial charge in [-0.05, 0) is 67.9 Å². The van der Waals surface area contributed by atoms with Crippen molar-refractivity contribution in [3.05, 3.63) is 87.6 Å². The highest BCUT2D eigenvalue weighted by atomic mass is 35.5. The maximum Gasteiger partial charge on any atom is 0.300 e. The molecule has 1 aromatic heterocycles. The Kier molecular flexibility index (Phi) is 5.52. The molecule has 1 amide bonds. The summed E-state index contributed by atoms with van der Waals surface area (Å²) in [4.78, 5) is 27.3. The number of hydrogen-bond acceptors (Lipinski definition) is 5. The number of carbonyl (C=O) groups excluding carboxylic acids is 2. The number of ketones is 1. The van der Waals surface area contributed by atoms with Crippen LogP contribution in [0.25, 0.3) is 5.76 Å². The van der Waals surface area contributed by atoms with Gasteiger partial charge in [0, 0.05) is 11.3 Å². The maximum atomic E-state index is 13.7. The Bertz CT molecular complexity index is 1280. The van der Waals surface area contributed by atoms with Crippen LogP contribution in [0.5, 0.6) is 5.75 Å². The first kappa shape index (κ1) is 21.6. The van der Waals surface area contributed by atoms with Crippen molar-refractivity contribution in [1.29, 1.82) is 0 Å². The van der Waals surface area contributed by atoms with E-state index in [0.717, 1.165) is 11.0 Å². The van der Waals surface area contributed by atoms with Gasteiger partial charge in [0.15, 0.2) is 0 Å². The first-order valence-electron chi connectivity index (χ1n) is 9.70. The van der Waals surface area contributed by atoms with Crippen molar-refractivity contribution in [2.75, 3.05) is 12.0 Å². The van der Waals surface area contributed by atoms with Gasteiger partial charge in [-0.15, -0.1) is 0 Å². The number of aryl methyl sites for hydroxylation is 2. The highest BCUT2D eigenvalue weighted by Crippen LogP contribution is 2.43. The SMILES string of the molecule is COc1ccc(/C(O)=C2/C(=O)C(=O)N(c3ccc(F)c(Cl)c3)C2c2ccc(C)o2)c(C)c1. The lowest BCUT2D eigenvalue weighted by molar-refractivity contribution is -0.132. The highest BCUT2D eigenvalue weighted by molar-refractivity contribution is 6.51. The van der Waals surface area contributed by atoms with Crippen molar-refractivity contribution in [2.24, 2.45) is 0 Å². The summed E-state index contributed by atoms with van der Waals surface area (Å²) in [7, 11) is 1.52. The number of aliphatic hydroxyl groups is 1. The first-order valence-corrected chi connectivity index (χ1v) is 10.1. The van der Waals surface area contributed by atoms with Crippen LogP contribution in [-0.2, 0) is 9.59 Å². The summed E-state index contributed by atoms with van der Waals surface area (Å²) >= 11 is 5.92. The van der Waals surface area contributed by atoms with Crippen molar-refractivity contribution in [3.63, 3.8) is 0 Å². The molecule has 2 aromatic carbocycles. The largest absolute Gasteiger partial charge is 0.507 e. The second-order valence-electron chi connectivity index (χ2n) is 7.40. The van der Waals surface area contributed by atoms with Crippen LogP contribution in [0.4, 0.5) is 10.1 Å². The number of Topliss-reactive ketones (excluding diaryl/α,β-unsaturated/α-hetero) is 1. The zero-order valence-electron chi connectivity index (χ0n) is 17.5. The molecule has 0 aliphatic carbocycles. The molecule has 0 bridgehead atoms. The molecular formula is C24H19ClFNO5. The van der Waals surface area contributed by atoms with Crippen LogP contribution < -0.4 is 9.64 Å². The topological polar surface area (TPSA) is 80.0 Å². The summed E-state index contributed by atoms with van der Waals surface area (Å²) in [6, 6.07) is 10.9. The number of ether oxygens (including phenoxy) is 1. The molecule has 1 atom stereocenters. The number of methoxy groups -OCH3 is 1. The van der Waals surface area contributed by atoms with Gasteiger partial charge < -0.3 is 14.3 Å². The van der Waals surface area contributed by atoms with Crippen LogP contribution in [0.3, 0.4) is 0 Å². The lowest BCUT2D eigenvalue weighted by Crippen LogP contribution is -2.29. The molecular weight excluding hydrogens is 437 g/mol. The minimum atomic E-state index is -1.06. The normalized spacial score (nSPS) is 17.8. The molecule has 0 saturated carbocycles. The summed E-state index contributed by atoms with van der Waals surface area (Å²) in [5.74, 6) is -1.38. The molecule has 1 fully saturated rings. The Morgan fingerprint density at radius 2 is 1.88 bits per heavy atom. The maximum absolute atomic E-state index is 13.7. The number of hydrogen-bond donors (Lipinski definition) is 1. The average molecular weight is 456 g/mol. The molecule has 6 nitrogen and oxygen atoms in total. The number of aliphatic hydroxyl groups excluding tert-OH is 1. The van der Waals surface area contributed by atoms with Crippen LogP contribution in [0.15, 0.2) is 58.5 Å². The molecule has 32 heavy (non-hydrogen) atoms. The second kappa shape index (κ2) is 8.16. The zero-order chi connectivity index (χ0) is 23.2. The molecule has 8 heteroatoms. The van der Waals surface area contributed by atoms with E-state index in [9.17, 15) is 19.1 Å². The van der Waals surface area contributed by atoms with Crippen LogP contribution >= 0.6 is 11.6 Å². The molecule has 1 aliphatic rings. The Balaban J connectivity index is 1.95. The number of amides is 1. The lowest BCUT2D eigenvalue weighted by atomic mass is 9.97. The van der Waals surface area contributed by atoms with Gasteiger partial charge >= 0.3 is 0 Å². The molecule has 3 aromatic rings. The number of carbonyl (C=O) groups is 2. The molecule has 0 spiro atoms. The van der Waals surface area contributed by atoms with E-state index in [0.29, 0.717) is 22.6 Å². The van der Waals surface area contributed by atoms with E-state index in [-0.39, 0.29) is 27.8 Å². The Labute approximate surface area is 188 Å². The van der Waals surface area contributed by atoms with Gasteiger partial charge in [0.25, 0.3) is 11.7 Å². The fraction of sp³-hybridized carbons (Fsp3) is 0.167. The molecule has 164 valence electrons. The van der Waals surface area contributed by atoms with Crippen molar-refractivity contribution in [2.45, 2.75) is 19.9 Å². The van der Waals surface area contributed by atoms with E-state index < -0.39 is 23.5 Å². The molecule has 1 aliphatic heterocycles. The van der Waals surface area contributed by atoms with Crippen LogP contribution in [0.2, 0.25) is 5.02 Å². The number of furan rings is 1. The van der Waals surface area contributed by atoms with Gasteiger partial charge in [-0.2, -0.15) is 0 Å². The molecule has 4 rings (SSSR count). The molecule has 1 unspecified atom stereocenters. The van der Waals surface area contributed by atoms with E-state index in [1.165, 1.54) is 19.2 Å². The van der Waals surface area contributed by atoms with E-state index in [1.54, 1.807) is 44.2 Å². The van der Waals surface area contributed by atoms with Gasteiger partial charge in [-0.1, -0.05) is 11.6 Å². The minimum absolute atomic E-state index is 0.141. The smallest absolute Gasteiger partial charge is 0.300 e. The monoisotopic (exact) mass is 455 g/mol. The fourth-order valence-corrected chi connectivity index (χ4v) is 3.95. The third-order valence-electron chi connectivity index (χ3n) is 5.35. The van der Waals surface area contributed by atoms with Crippen LogP contribution in [0, 0.1) is 19.7 Å². The summed E-state index contributed by atoms with van der Waals surface area (Å²) < 4.78 is 24.7. The van der Waals surface area contributed by atoms with Gasteiger partial charge in [0.1, 0.15) is 34.9 Å². The van der Waals surface area contributed by atoms with Crippen molar-refractivity contribution in [1.82, 2.24) is 0 Å². The summed E-state index contributed by atoms with van der Waals surface area (Å²) in [6.07, 6.45) is 0. The zero-order valence-corrected chi connectivity index (χ0v) is 18.2. The second-order valence-corrected chi connectivity index (χ2v) is 7.80. The highest BCUT2D eigenvalue weighted by Gasteiger charge is 2.48. The van der Waals surface area contributed by atoms with Crippen LogP contribution in [-0.4, -0.2) is 23.9 Å². The van der Waals surface area contributed by atoms with Gasteiger partial charge in [0.05, 0.1) is 17.7 Å². The Morgan fingerprint density at radius 1 is 1.12 bits per heavy atom. The Morgan fingerprint density at radius 3 is 2.47 bits per heavy atom. The predicted molar refractivity (Wildman–Crippen MR) is 117 cm³/mol. The Hall–Kier alpha value is -3.58. The van der Waals surface area contributed by atoms with E-state index in [1.807, 2.05) is 0 Å². The summed E-state index contributed by atoms with van der Waals surface area (Å²) in [6.45, 7) is 3.47. The number of halogens is 2. The molecule has 0 radical (unpaired) electrons. The number of anilines is 1. The lowest BCUT2D eigenvalue weighted by Gasteiger charge is -2.23. The molecule has 2 heterocycles. The molecule has 1 saturated heterocycles.